The fourth-order valence-corrected chi connectivity index (χ4v) is 4.51. The molecule has 0 radical (unpaired) electrons. The van der Waals surface area contributed by atoms with Crippen molar-refractivity contribution in [1.29, 1.82) is 0 Å². The van der Waals surface area contributed by atoms with Crippen molar-refractivity contribution in [3.63, 3.8) is 0 Å². The zero-order chi connectivity index (χ0) is 18.2. The van der Waals surface area contributed by atoms with Crippen molar-refractivity contribution in [1.82, 2.24) is 0 Å². The zero-order valence-electron chi connectivity index (χ0n) is 16.9. The number of hydrogen-bond acceptors (Lipinski definition) is 2. The van der Waals surface area contributed by atoms with Crippen LogP contribution in [0.15, 0.2) is 5.51 Å². The molecule has 0 amide bonds. The topological polar surface area (TPSA) is 24.1 Å². The van der Waals surface area contributed by atoms with Gasteiger partial charge in [-0.3, -0.25) is 0 Å². The van der Waals surface area contributed by atoms with E-state index in [9.17, 15) is 0 Å². The third-order valence-electron chi connectivity index (χ3n) is 5.25. The SMILES string of the molecule is CCCCCCCCCCCCCCCC[n+]1csc(CCO)c1C. The average molecular weight is 369 g/mol. The monoisotopic (exact) mass is 368 g/mol. The van der Waals surface area contributed by atoms with Gasteiger partial charge >= 0.3 is 0 Å². The van der Waals surface area contributed by atoms with Crippen molar-refractivity contribution < 1.29 is 9.67 Å². The van der Waals surface area contributed by atoms with E-state index < -0.39 is 0 Å². The van der Waals surface area contributed by atoms with Gasteiger partial charge in [0.2, 0.25) is 5.51 Å². The molecule has 0 saturated carbocycles. The molecular weight excluding hydrogens is 326 g/mol. The van der Waals surface area contributed by atoms with E-state index in [-0.39, 0.29) is 6.61 Å². The van der Waals surface area contributed by atoms with Gasteiger partial charge in [-0.1, -0.05) is 95.3 Å². The van der Waals surface area contributed by atoms with Crippen LogP contribution in [0.2, 0.25) is 0 Å². The molecule has 0 bridgehead atoms. The normalized spacial score (nSPS) is 11.3. The fourth-order valence-electron chi connectivity index (χ4n) is 3.49. The summed E-state index contributed by atoms with van der Waals surface area (Å²) in [7, 11) is 0. The van der Waals surface area contributed by atoms with Crippen molar-refractivity contribution in [2.75, 3.05) is 6.61 Å². The molecule has 1 rings (SSSR count). The summed E-state index contributed by atoms with van der Waals surface area (Å²) in [5.41, 5.74) is 3.58. The molecular formula is C22H42NOS+. The lowest BCUT2D eigenvalue weighted by atomic mass is 10.0. The summed E-state index contributed by atoms with van der Waals surface area (Å²) in [5.74, 6) is 0. The number of thiazole rings is 1. The van der Waals surface area contributed by atoms with Crippen molar-refractivity contribution >= 4 is 11.3 Å². The van der Waals surface area contributed by atoms with Crippen molar-refractivity contribution in [3.05, 3.63) is 16.1 Å². The first-order chi connectivity index (χ1) is 12.3. The lowest BCUT2D eigenvalue weighted by Gasteiger charge is -2.03. The molecule has 0 atom stereocenters. The first-order valence-electron chi connectivity index (χ1n) is 10.9. The highest BCUT2D eigenvalue weighted by Gasteiger charge is 2.13. The Labute approximate surface area is 160 Å². The average Bonchev–Trinajstić information content (AvgIpc) is 2.96. The zero-order valence-corrected chi connectivity index (χ0v) is 17.7. The summed E-state index contributed by atoms with van der Waals surface area (Å²) >= 11 is 1.79. The van der Waals surface area contributed by atoms with E-state index >= 15 is 0 Å². The van der Waals surface area contributed by atoms with Crippen LogP contribution in [0.3, 0.4) is 0 Å². The van der Waals surface area contributed by atoms with Gasteiger partial charge in [0.05, 0.1) is 4.88 Å². The summed E-state index contributed by atoms with van der Waals surface area (Å²) in [6, 6.07) is 0. The van der Waals surface area contributed by atoms with Crippen LogP contribution in [0.5, 0.6) is 0 Å². The van der Waals surface area contributed by atoms with Gasteiger partial charge < -0.3 is 5.11 Å². The highest BCUT2D eigenvalue weighted by Crippen LogP contribution is 2.14. The van der Waals surface area contributed by atoms with Crippen LogP contribution in [0.1, 0.15) is 107 Å². The molecule has 25 heavy (non-hydrogen) atoms. The number of aryl methyl sites for hydroxylation is 1. The second kappa shape index (κ2) is 15.8. The summed E-state index contributed by atoms with van der Waals surface area (Å²) < 4.78 is 2.37. The quantitative estimate of drug-likeness (QED) is 0.251. The standard InChI is InChI=1S/C22H42NOS/c1-3-4-5-6-7-8-9-10-11-12-13-14-15-16-18-23-20-25-22(17-19-24)21(23)2/h20,24H,3-19H2,1-2H3/q+1. The molecule has 0 unspecified atom stereocenters. The van der Waals surface area contributed by atoms with Crippen molar-refractivity contribution in [2.45, 2.75) is 117 Å². The van der Waals surface area contributed by atoms with E-state index in [0.717, 1.165) is 13.0 Å². The largest absolute Gasteiger partial charge is 0.396 e. The molecule has 1 N–H and O–H groups in total. The third-order valence-corrected chi connectivity index (χ3v) is 6.39. The molecule has 0 fully saturated rings. The molecule has 1 aromatic heterocycles. The Hall–Kier alpha value is -0.410. The first kappa shape index (κ1) is 22.6. The van der Waals surface area contributed by atoms with Gasteiger partial charge in [0, 0.05) is 26.4 Å². The summed E-state index contributed by atoms with van der Waals surface area (Å²) in [6.07, 6.45) is 20.6. The van der Waals surface area contributed by atoms with Crippen LogP contribution >= 0.6 is 11.3 Å². The molecule has 2 nitrogen and oxygen atoms in total. The molecule has 1 aromatic rings. The first-order valence-corrected chi connectivity index (χ1v) is 11.7. The van der Waals surface area contributed by atoms with E-state index in [1.807, 2.05) is 0 Å². The summed E-state index contributed by atoms with van der Waals surface area (Å²) in [5, 5.41) is 9.06. The molecule has 0 aliphatic carbocycles. The number of hydrogen-bond donors (Lipinski definition) is 1. The van der Waals surface area contributed by atoms with Crippen LogP contribution in [0, 0.1) is 6.92 Å². The van der Waals surface area contributed by atoms with Gasteiger partial charge in [-0.2, -0.15) is 4.57 Å². The smallest absolute Gasteiger partial charge is 0.225 e. The van der Waals surface area contributed by atoms with Gasteiger partial charge in [-0.15, -0.1) is 0 Å². The van der Waals surface area contributed by atoms with E-state index in [0.29, 0.717) is 0 Å². The van der Waals surface area contributed by atoms with Gasteiger partial charge in [0.15, 0.2) is 5.69 Å². The van der Waals surface area contributed by atoms with Gasteiger partial charge in [0.25, 0.3) is 0 Å². The number of aromatic nitrogens is 1. The molecule has 3 heteroatoms. The number of rotatable bonds is 17. The Kier molecular flexibility index (Phi) is 14.3. The molecule has 1 heterocycles. The fraction of sp³-hybridized carbons (Fsp3) is 0.864. The lowest BCUT2D eigenvalue weighted by molar-refractivity contribution is -0.698. The number of aliphatic hydroxyl groups is 1. The Balaban J connectivity index is 1.86. The van der Waals surface area contributed by atoms with Crippen molar-refractivity contribution in [2.24, 2.45) is 0 Å². The minimum Gasteiger partial charge on any atom is -0.396 e. The molecule has 0 aromatic carbocycles. The van der Waals surface area contributed by atoms with E-state index in [1.165, 1.54) is 100 Å². The molecule has 0 aliphatic rings. The highest BCUT2D eigenvalue weighted by molar-refractivity contribution is 7.09. The third kappa shape index (κ3) is 11.0. The van der Waals surface area contributed by atoms with Crippen LogP contribution in [-0.4, -0.2) is 11.7 Å². The van der Waals surface area contributed by atoms with Crippen LogP contribution < -0.4 is 4.57 Å². The molecule has 146 valence electrons. The minimum atomic E-state index is 0.264. The van der Waals surface area contributed by atoms with E-state index in [1.54, 1.807) is 11.3 Å². The predicted octanol–water partition coefficient (Wildman–Crippen LogP) is 6.36. The van der Waals surface area contributed by atoms with Gasteiger partial charge in [-0.25, -0.2) is 0 Å². The van der Waals surface area contributed by atoms with Crippen molar-refractivity contribution in [3.8, 4) is 0 Å². The van der Waals surface area contributed by atoms with Gasteiger partial charge in [-0.05, 0) is 6.42 Å². The lowest BCUT2D eigenvalue weighted by Crippen LogP contribution is -2.34. The Morgan fingerprint density at radius 3 is 1.76 bits per heavy atom. The maximum Gasteiger partial charge on any atom is 0.225 e. The predicted molar refractivity (Wildman–Crippen MR) is 110 cm³/mol. The van der Waals surface area contributed by atoms with E-state index in [2.05, 4.69) is 23.9 Å². The second-order valence-corrected chi connectivity index (χ2v) is 8.43. The van der Waals surface area contributed by atoms with Gasteiger partial charge in [0.1, 0.15) is 6.54 Å². The number of aliphatic hydroxyl groups excluding tert-OH is 1. The maximum absolute atomic E-state index is 9.06. The second-order valence-electron chi connectivity index (χ2n) is 7.50. The molecule has 0 spiro atoms. The number of unbranched alkanes of at least 4 members (excludes halogenated alkanes) is 13. The number of nitrogens with zero attached hydrogens (tertiary/aromatic N) is 1. The Morgan fingerprint density at radius 2 is 1.28 bits per heavy atom. The maximum atomic E-state index is 9.06. The Bertz CT molecular complexity index is 416. The minimum absolute atomic E-state index is 0.264. The molecule has 0 aliphatic heterocycles. The van der Waals surface area contributed by atoms with Crippen LogP contribution in [0.4, 0.5) is 0 Å². The Morgan fingerprint density at radius 1 is 0.800 bits per heavy atom. The highest BCUT2D eigenvalue weighted by atomic mass is 32.1. The van der Waals surface area contributed by atoms with Crippen LogP contribution in [0.25, 0.3) is 0 Å². The summed E-state index contributed by atoms with van der Waals surface area (Å²) in [6.45, 7) is 5.88. The van der Waals surface area contributed by atoms with E-state index in [4.69, 9.17) is 5.11 Å². The molecule has 0 saturated heterocycles. The van der Waals surface area contributed by atoms with Crippen LogP contribution in [-0.2, 0) is 13.0 Å². The summed E-state index contributed by atoms with van der Waals surface area (Å²) in [4.78, 5) is 1.34.